The van der Waals surface area contributed by atoms with E-state index in [4.69, 9.17) is 4.98 Å². The Balaban J connectivity index is 0.00000385. The summed E-state index contributed by atoms with van der Waals surface area (Å²) in [5.41, 5.74) is 3.85. The first-order chi connectivity index (χ1) is 15.3. The zero-order valence-electron chi connectivity index (χ0n) is 19.3. The molecule has 2 aromatic carbocycles. The zero-order chi connectivity index (χ0) is 23.3. The van der Waals surface area contributed by atoms with E-state index < -0.39 is 4.92 Å². The number of anilines is 1. The van der Waals surface area contributed by atoms with Crippen molar-refractivity contribution in [3.8, 4) is 0 Å². The van der Waals surface area contributed by atoms with Crippen LogP contribution in [0.25, 0.3) is 16.3 Å². The number of amides is 1. The van der Waals surface area contributed by atoms with Gasteiger partial charge in [0.15, 0.2) is 5.13 Å². The van der Waals surface area contributed by atoms with E-state index in [1.807, 2.05) is 0 Å². The first kappa shape index (κ1) is 26.4. The van der Waals surface area contributed by atoms with Gasteiger partial charge in [-0.2, -0.15) is 0 Å². The van der Waals surface area contributed by atoms with E-state index >= 15 is 0 Å². The number of hydrogen-bond donors (Lipinski definition) is 0. The molecule has 1 heterocycles. The molecule has 1 amide bonds. The third-order valence-corrected chi connectivity index (χ3v) is 6.56. The molecule has 0 aliphatic carbocycles. The summed E-state index contributed by atoms with van der Waals surface area (Å²) in [6.07, 6.45) is 3.07. The first-order valence-electron chi connectivity index (χ1n) is 10.7. The summed E-state index contributed by atoms with van der Waals surface area (Å²) in [6, 6.07) is 10.4. The van der Waals surface area contributed by atoms with Crippen molar-refractivity contribution in [3.05, 3.63) is 69.3 Å². The first-order valence-corrected chi connectivity index (χ1v) is 11.5. The Morgan fingerprint density at radius 1 is 1.12 bits per heavy atom. The van der Waals surface area contributed by atoms with E-state index in [9.17, 15) is 14.9 Å². The number of carbonyl (C=O) groups is 1. The number of thiazole rings is 1. The number of nitro benzene ring substituents is 1. The van der Waals surface area contributed by atoms with Crippen LogP contribution in [0.15, 0.2) is 42.5 Å². The molecule has 0 bridgehead atoms. The van der Waals surface area contributed by atoms with Crippen LogP contribution in [0.2, 0.25) is 0 Å². The van der Waals surface area contributed by atoms with Crippen LogP contribution >= 0.6 is 23.7 Å². The molecule has 3 rings (SSSR count). The number of fused-ring (bicyclic) bond motifs is 1. The molecule has 0 atom stereocenters. The number of non-ortho nitro benzene ring substituents is 1. The minimum Gasteiger partial charge on any atom is -0.302 e. The van der Waals surface area contributed by atoms with Gasteiger partial charge in [0.25, 0.3) is 11.6 Å². The summed E-state index contributed by atoms with van der Waals surface area (Å²) in [4.78, 5) is 32.5. The molecule has 0 saturated heterocycles. The van der Waals surface area contributed by atoms with Crippen molar-refractivity contribution in [1.82, 2.24) is 9.88 Å². The van der Waals surface area contributed by atoms with Gasteiger partial charge < -0.3 is 4.90 Å². The van der Waals surface area contributed by atoms with Gasteiger partial charge >= 0.3 is 0 Å². The van der Waals surface area contributed by atoms with Crippen molar-refractivity contribution in [3.63, 3.8) is 0 Å². The summed E-state index contributed by atoms with van der Waals surface area (Å²) in [6.45, 7) is 11.4. The van der Waals surface area contributed by atoms with Crippen LogP contribution in [0.1, 0.15) is 30.5 Å². The lowest BCUT2D eigenvalue weighted by atomic mass is 10.1. The monoisotopic (exact) mass is 488 g/mol. The predicted molar refractivity (Wildman–Crippen MR) is 139 cm³/mol. The smallest absolute Gasteiger partial charge is 0.270 e. The number of carbonyl (C=O) groups excluding carboxylic acids is 1. The van der Waals surface area contributed by atoms with E-state index in [0.29, 0.717) is 17.2 Å². The Bertz CT molecular complexity index is 1120. The number of likely N-dealkylation sites (N-methyl/N-ethyl adjacent to an activating group) is 1. The van der Waals surface area contributed by atoms with E-state index in [2.05, 4.69) is 44.7 Å². The molecular weight excluding hydrogens is 460 g/mol. The molecule has 0 aliphatic rings. The third kappa shape index (κ3) is 6.60. The highest BCUT2D eigenvalue weighted by Gasteiger charge is 2.19. The number of aryl methyl sites for hydroxylation is 2. The largest absolute Gasteiger partial charge is 0.302 e. The highest BCUT2D eigenvalue weighted by molar-refractivity contribution is 7.22. The number of nitrogens with zero attached hydrogens (tertiary/aromatic N) is 4. The summed E-state index contributed by atoms with van der Waals surface area (Å²) in [5, 5.41) is 11.7. The molecule has 0 spiro atoms. The molecular formula is C24H29ClN4O3S. The maximum Gasteiger partial charge on any atom is 0.270 e. The molecule has 1 aromatic heterocycles. The molecule has 33 heavy (non-hydrogen) atoms. The third-order valence-electron chi connectivity index (χ3n) is 5.52. The van der Waals surface area contributed by atoms with Crippen LogP contribution in [0.5, 0.6) is 0 Å². The van der Waals surface area contributed by atoms with Crippen molar-refractivity contribution >= 4 is 56.8 Å². The molecule has 0 aliphatic heterocycles. The Labute approximate surface area is 204 Å². The fourth-order valence-corrected chi connectivity index (χ4v) is 4.44. The molecule has 7 nitrogen and oxygen atoms in total. The Morgan fingerprint density at radius 2 is 1.82 bits per heavy atom. The SMILES string of the molecule is CCN(CC)CCN(C(=O)C=Cc1cccc([N+](=O)[O-])c1)c1nc2cc(C)c(C)cc2s1.Cl. The van der Waals surface area contributed by atoms with Crippen molar-refractivity contribution in [2.24, 2.45) is 0 Å². The van der Waals surface area contributed by atoms with Crippen LogP contribution < -0.4 is 4.90 Å². The Kier molecular flexibility index (Phi) is 9.52. The number of halogens is 1. The second-order valence-electron chi connectivity index (χ2n) is 7.60. The average molecular weight is 489 g/mol. The quantitative estimate of drug-likeness (QED) is 0.221. The van der Waals surface area contributed by atoms with Crippen molar-refractivity contribution in [2.45, 2.75) is 27.7 Å². The summed E-state index contributed by atoms with van der Waals surface area (Å²) < 4.78 is 1.05. The number of hydrogen-bond acceptors (Lipinski definition) is 6. The fourth-order valence-electron chi connectivity index (χ4n) is 3.36. The topological polar surface area (TPSA) is 79.6 Å². The van der Waals surface area contributed by atoms with Gasteiger partial charge in [0.05, 0.1) is 15.1 Å². The number of rotatable bonds is 9. The van der Waals surface area contributed by atoms with E-state index in [1.165, 1.54) is 40.7 Å². The number of nitro groups is 1. The van der Waals surface area contributed by atoms with Crippen LogP contribution in [-0.2, 0) is 4.79 Å². The molecule has 3 aromatic rings. The highest BCUT2D eigenvalue weighted by atomic mass is 35.5. The lowest BCUT2D eigenvalue weighted by Gasteiger charge is -2.23. The van der Waals surface area contributed by atoms with E-state index in [1.54, 1.807) is 23.1 Å². The van der Waals surface area contributed by atoms with E-state index in [-0.39, 0.29) is 24.0 Å². The van der Waals surface area contributed by atoms with Gasteiger partial charge in [-0.05, 0) is 61.8 Å². The minimum absolute atomic E-state index is 0. The Hall–Kier alpha value is -2.81. The van der Waals surface area contributed by atoms with Gasteiger partial charge in [0, 0.05) is 31.3 Å². The molecule has 0 fully saturated rings. The van der Waals surface area contributed by atoms with Crippen LogP contribution in [0.4, 0.5) is 10.8 Å². The molecule has 9 heteroatoms. The van der Waals surface area contributed by atoms with Gasteiger partial charge in [-0.1, -0.05) is 37.3 Å². The molecule has 0 unspecified atom stereocenters. The van der Waals surface area contributed by atoms with Crippen LogP contribution in [-0.4, -0.2) is 46.9 Å². The predicted octanol–water partition coefficient (Wildman–Crippen LogP) is 5.63. The van der Waals surface area contributed by atoms with Gasteiger partial charge in [0.2, 0.25) is 0 Å². The van der Waals surface area contributed by atoms with Crippen LogP contribution in [0.3, 0.4) is 0 Å². The van der Waals surface area contributed by atoms with Crippen molar-refractivity contribution in [2.75, 3.05) is 31.1 Å². The highest BCUT2D eigenvalue weighted by Crippen LogP contribution is 2.31. The fraction of sp³-hybridized carbons (Fsp3) is 0.333. The maximum absolute atomic E-state index is 13.2. The van der Waals surface area contributed by atoms with Gasteiger partial charge in [0.1, 0.15) is 0 Å². The van der Waals surface area contributed by atoms with Gasteiger partial charge in [-0.3, -0.25) is 19.8 Å². The summed E-state index contributed by atoms with van der Waals surface area (Å²) in [7, 11) is 0. The molecule has 0 N–H and O–H groups in total. The summed E-state index contributed by atoms with van der Waals surface area (Å²) >= 11 is 1.50. The number of benzene rings is 2. The maximum atomic E-state index is 13.2. The lowest BCUT2D eigenvalue weighted by Crippen LogP contribution is -2.38. The normalized spacial score (nSPS) is 11.2. The second-order valence-corrected chi connectivity index (χ2v) is 8.61. The lowest BCUT2D eigenvalue weighted by molar-refractivity contribution is -0.384. The molecule has 0 saturated carbocycles. The van der Waals surface area contributed by atoms with E-state index in [0.717, 1.165) is 29.9 Å². The Morgan fingerprint density at radius 3 is 2.48 bits per heavy atom. The second kappa shape index (κ2) is 11.9. The summed E-state index contributed by atoms with van der Waals surface area (Å²) in [5.74, 6) is -0.198. The standard InChI is InChI=1S/C24H28N4O3S.ClH/c1-5-26(6-2)12-13-27(24-25-21-14-17(3)18(4)15-22(21)32-24)23(29)11-10-19-8-7-9-20(16-19)28(30)31;/h7-11,14-16H,5-6,12-13H2,1-4H3;1H. The minimum atomic E-state index is -0.444. The molecule has 176 valence electrons. The van der Waals surface area contributed by atoms with Crippen molar-refractivity contribution in [1.29, 1.82) is 0 Å². The van der Waals surface area contributed by atoms with Gasteiger partial charge in [-0.15, -0.1) is 12.4 Å². The van der Waals surface area contributed by atoms with Crippen LogP contribution in [0, 0.1) is 24.0 Å². The zero-order valence-corrected chi connectivity index (χ0v) is 20.9. The number of aromatic nitrogens is 1. The van der Waals surface area contributed by atoms with Gasteiger partial charge in [-0.25, -0.2) is 4.98 Å². The van der Waals surface area contributed by atoms with Crippen molar-refractivity contribution < 1.29 is 9.72 Å². The molecule has 0 radical (unpaired) electrons. The average Bonchev–Trinajstić information content (AvgIpc) is 3.17.